The van der Waals surface area contributed by atoms with Crippen molar-refractivity contribution >= 4 is 34.8 Å². The van der Waals surface area contributed by atoms with E-state index < -0.39 is 17.8 Å². The highest BCUT2D eigenvalue weighted by molar-refractivity contribution is 6.30. The van der Waals surface area contributed by atoms with Crippen LogP contribution in [0, 0.1) is 18.6 Å². The van der Waals surface area contributed by atoms with Crippen LogP contribution >= 0.6 is 11.6 Å². The lowest BCUT2D eigenvalue weighted by molar-refractivity contribution is 0.0933. The average molecular weight is 569 g/mol. The number of anilines is 3. The van der Waals surface area contributed by atoms with Crippen LogP contribution < -0.4 is 21.3 Å². The zero-order chi connectivity index (χ0) is 28.2. The van der Waals surface area contributed by atoms with E-state index in [1.165, 1.54) is 30.7 Å². The summed E-state index contributed by atoms with van der Waals surface area (Å²) < 4.78 is 35.3. The van der Waals surface area contributed by atoms with Gasteiger partial charge in [-0.25, -0.2) is 18.7 Å². The molecule has 13 heteroatoms. The molecular weight excluding hydrogens is 542 g/mol. The highest BCUT2D eigenvalue weighted by Crippen LogP contribution is 2.26. The number of aryl methyl sites for hydroxylation is 1. The fourth-order valence-corrected chi connectivity index (χ4v) is 4.59. The number of halogens is 3. The van der Waals surface area contributed by atoms with E-state index in [-0.39, 0.29) is 29.0 Å². The molecule has 1 atom stereocenters. The van der Waals surface area contributed by atoms with E-state index in [9.17, 15) is 13.6 Å². The summed E-state index contributed by atoms with van der Waals surface area (Å²) in [5.41, 5.74) is 8.21. The number of nitrogens with zero attached hydrogens (tertiary/aromatic N) is 5. The summed E-state index contributed by atoms with van der Waals surface area (Å²) >= 11 is 5.95. The van der Waals surface area contributed by atoms with E-state index in [1.807, 2.05) is 11.8 Å². The molecule has 2 aromatic carbocycles. The summed E-state index contributed by atoms with van der Waals surface area (Å²) in [6, 6.07) is 8.05. The molecule has 10 nitrogen and oxygen atoms in total. The van der Waals surface area contributed by atoms with E-state index >= 15 is 0 Å². The third-order valence-electron chi connectivity index (χ3n) is 6.39. The van der Waals surface area contributed by atoms with Gasteiger partial charge in [-0.05, 0) is 48.9 Å². The maximum atomic E-state index is 14.5. The number of nitrogens with one attached hydrogen (secondary N) is 2. The SMILES string of the molecule is Cc1cnc(Nc2ccc(F)c(N3CCOCC3)c2)nc1-n1cnc(C(=O)NC(CN)c2cc(F)cc(Cl)c2)c1. The number of aromatic nitrogens is 4. The van der Waals surface area contributed by atoms with Gasteiger partial charge in [0.05, 0.1) is 24.9 Å². The van der Waals surface area contributed by atoms with Gasteiger partial charge in [0.2, 0.25) is 5.95 Å². The van der Waals surface area contributed by atoms with Crippen molar-refractivity contribution in [2.24, 2.45) is 5.73 Å². The molecule has 0 aliphatic carbocycles. The van der Waals surface area contributed by atoms with Gasteiger partial charge in [-0.15, -0.1) is 0 Å². The van der Waals surface area contributed by atoms with E-state index in [4.69, 9.17) is 22.1 Å². The fraction of sp³-hybridized carbons (Fsp3) is 0.259. The maximum Gasteiger partial charge on any atom is 0.272 e. The first kappa shape index (κ1) is 27.4. The number of hydrogen-bond acceptors (Lipinski definition) is 8. The summed E-state index contributed by atoms with van der Waals surface area (Å²) in [6.45, 7) is 4.14. The zero-order valence-electron chi connectivity index (χ0n) is 21.6. The van der Waals surface area contributed by atoms with Gasteiger partial charge in [0.15, 0.2) is 0 Å². The average Bonchev–Trinajstić information content (AvgIpc) is 3.44. The zero-order valence-corrected chi connectivity index (χ0v) is 22.3. The molecule has 40 heavy (non-hydrogen) atoms. The smallest absolute Gasteiger partial charge is 0.272 e. The van der Waals surface area contributed by atoms with Crippen molar-refractivity contribution in [3.05, 3.63) is 88.6 Å². The molecule has 0 radical (unpaired) electrons. The minimum atomic E-state index is -0.666. The lowest BCUT2D eigenvalue weighted by Crippen LogP contribution is -2.36. The third-order valence-corrected chi connectivity index (χ3v) is 6.61. The molecule has 0 spiro atoms. The van der Waals surface area contributed by atoms with Crippen LogP contribution in [0.2, 0.25) is 5.02 Å². The summed E-state index contributed by atoms with van der Waals surface area (Å²) in [5.74, 6) is -0.569. The third kappa shape index (κ3) is 6.19. The first-order valence-electron chi connectivity index (χ1n) is 12.5. The van der Waals surface area contributed by atoms with Crippen LogP contribution in [0.25, 0.3) is 5.82 Å². The van der Waals surface area contributed by atoms with Gasteiger partial charge >= 0.3 is 0 Å². The predicted octanol–water partition coefficient (Wildman–Crippen LogP) is 3.91. The van der Waals surface area contributed by atoms with Crippen molar-refractivity contribution in [1.82, 2.24) is 24.8 Å². The minimum absolute atomic E-state index is 0.0307. The molecular formula is C27H27ClF2N8O2. The number of carbonyl (C=O) groups excluding carboxylic acids is 1. The van der Waals surface area contributed by atoms with Gasteiger partial charge in [0.25, 0.3) is 5.91 Å². The molecule has 1 amide bonds. The second kappa shape index (κ2) is 11.9. The summed E-state index contributed by atoms with van der Waals surface area (Å²) in [7, 11) is 0. The van der Waals surface area contributed by atoms with E-state index in [2.05, 4.69) is 25.6 Å². The molecule has 1 saturated heterocycles. The van der Waals surface area contributed by atoms with Gasteiger partial charge in [0.1, 0.15) is 29.5 Å². The van der Waals surface area contributed by atoms with E-state index in [0.29, 0.717) is 49.1 Å². The highest BCUT2D eigenvalue weighted by atomic mass is 35.5. The topological polar surface area (TPSA) is 123 Å². The Hall–Kier alpha value is -4.13. The van der Waals surface area contributed by atoms with Crippen LogP contribution in [-0.2, 0) is 4.74 Å². The Labute approximate surface area is 234 Å². The number of hydrogen-bond donors (Lipinski definition) is 3. The summed E-state index contributed by atoms with van der Waals surface area (Å²) in [4.78, 5) is 28.0. The normalized spacial score (nSPS) is 14.2. The molecule has 3 heterocycles. The Morgan fingerprint density at radius 1 is 1.18 bits per heavy atom. The van der Waals surface area contributed by atoms with Crippen molar-refractivity contribution in [3.63, 3.8) is 0 Å². The summed E-state index contributed by atoms with van der Waals surface area (Å²) in [6.07, 6.45) is 4.61. The number of nitrogens with two attached hydrogens (primary N) is 1. The molecule has 208 valence electrons. The van der Waals surface area contributed by atoms with Gasteiger partial charge in [-0.1, -0.05) is 11.6 Å². The Morgan fingerprint density at radius 2 is 1.98 bits per heavy atom. The van der Waals surface area contributed by atoms with Crippen LogP contribution in [0.15, 0.2) is 55.1 Å². The molecule has 5 rings (SSSR count). The van der Waals surface area contributed by atoms with E-state index in [1.54, 1.807) is 29.0 Å². The number of imidazole rings is 1. The maximum absolute atomic E-state index is 14.5. The molecule has 4 aromatic rings. The standard InChI is InChI=1S/C27H27ClF2N8O2/c1-16-13-32-27(34-20-2-3-21(30)24(11-20)37-4-6-40-7-5-37)36-25(16)38-14-23(33-15-38)26(39)35-22(12-31)17-8-18(28)10-19(29)9-17/h2-3,8-11,13-15,22H,4-7,12,31H2,1H3,(H,35,39)(H,32,34,36). The lowest BCUT2D eigenvalue weighted by atomic mass is 10.1. The fourth-order valence-electron chi connectivity index (χ4n) is 4.36. The molecule has 1 aliphatic heterocycles. The first-order valence-corrected chi connectivity index (χ1v) is 12.9. The van der Waals surface area contributed by atoms with Crippen LogP contribution in [0.1, 0.15) is 27.7 Å². The number of amides is 1. The monoisotopic (exact) mass is 568 g/mol. The Kier molecular flexibility index (Phi) is 8.19. The highest BCUT2D eigenvalue weighted by Gasteiger charge is 2.19. The largest absolute Gasteiger partial charge is 0.378 e. The minimum Gasteiger partial charge on any atom is -0.378 e. The molecule has 0 bridgehead atoms. The van der Waals surface area contributed by atoms with Crippen molar-refractivity contribution in [2.45, 2.75) is 13.0 Å². The number of carbonyl (C=O) groups is 1. The quantitative estimate of drug-likeness (QED) is 0.292. The molecule has 0 saturated carbocycles. The van der Waals surface area contributed by atoms with Crippen molar-refractivity contribution < 1.29 is 18.3 Å². The van der Waals surface area contributed by atoms with Crippen molar-refractivity contribution in [1.29, 1.82) is 0 Å². The number of ether oxygens (including phenoxy) is 1. The Bertz CT molecular complexity index is 1510. The van der Waals surface area contributed by atoms with Gasteiger partial charge in [-0.3, -0.25) is 9.36 Å². The van der Waals surface area contributed by atoms with Gasteiger partial charge in [-0.2, -0.15) is 4.98 Å². The molecule has 2 aromatic heterocycles. The Morgan fingerprint density at radius 3 is 2.73 bits per heavy atom. The molecule has 1 aliphatic rings. The molecule has 1 fully saturated rings. The van der Waals surface area contributed by atoms with E-state index in [0.717, 1.165) is 5.56 Å². The summed E-state index contributed by atoms with van der Waals surface area (Å²) in [5, 5.41) is 6.09. The van der Waals surface area contributed by atoms with Gasteiger partial charge < -0.3 is 26.0 Å². The lowest BCUT2D eigenvalue weighted by Gasteiger charge is -2.29. The first-order chi connectivity index (χ1) is 19.3. The second-order valence-electron chi connectivity index (χ2n) is 9.22. The van der Waals surface area contributed by atoms with Crippen LogP contribution in [0.5, 0.6) is 0 Å². The number of morpholine rings is 1. The predicted molar refractivity (Wildman–Crippen MR) is 147 cm³/mol. The molecule has 4 N–H and O–H groups in total. The van der Waals surface area contributed by atoms with Crippen molar-refractivity contribution in [3.8, 4) is 5.82 Å². The van der Waals surface area contributed by atoms with Crippen LogP contribution in [0.4, 0.5) is 26.1 Å². The Balaban J connectivity index is 1.33. The van der Waals surface area contributed by atoms with Crippen LogP contribution in [-0.4, -0.2) is 58.3 Å². The van der Waals surface area contributed by atoms with Crippen molar-refractivity contribution in [2.75, 3.05) is 43.1 Å². The number of rotatable bonds is 8. The van der Waals surface area contributed by atoms with Gasteiger partial charge in [0, 0.05) is 48.3 Å². The number of benzene rings is 2. The second-order valence-corrected chi connectivity index (χ2v) is 9.66. The molecule has 1 unspecified atom stereocenters. The van der Waals surface area contributed by atoms with Crippen LogP contribution in [0.3, 0.4) is 0 Å².